The van der Waals surface area contributed by atoms with E-state index in [2.05, 4.69) is 9.27 Å². The molecule has 2 aromatic heterocycles. The van der Waals surface area contributed by atoms with Crippen molar-refractivity contribution in [2.45, 2.75) is 0 Å². The molecule has 0 amide bonds. The lowest BCUT2D eigenvalue weighted by molar-refractivity contribution is 0.312. The molecular weight excluding hydrogens is 446 g/mol. The van der Waals surface area contributed by atoms with E-state index in [-0.39, 0.29) is 27.0 Å². The monoisotopic (exact) mass is 462 g/mol. The fourth-order valence-corrected chi connectivity index (χ4v) is 5.30. The molecule has 0 radical (unpaired) electrons. The standard InChI is InChI=1S/C21H17ClF2N4O2S/c1-26-6-8-27(9-7-26)18-14(24)10-13-17(16(18)22)28(12-4-2-11(23)3-5-12)21-15(19(13)29)20(30)25-31-21/h2-5,10H,6-9H2,1H3,(H,25,30). The molecule has 0 saturated carbocycles. The molecule has 4 aromatic rings. The molecule has 1 aliphatic heterocycles. The zero-order chi connectivity index (χ0) is 21.9. The second-order valence-corrected chi connectivity index (χ2v) is 8.73. The minimum absolute atomic E-state index is 0.00102. The van der Waals surface area contributed by atoms with Crippen LogP contribution in [0.15, 0.2) is 39.9 Å². The minimum Gasteiger partial charge on any atom is -0.365 e. The molecule has 1 aliphatic rings. The van der Waals surface area contributed by atoms with Crippen LogP contribution in [-0.2, 0) is 0 Å². The Labute approximate surface area is 184 Å². The summed E-state index contributed by atoms with van der Waals surface area (Å²) in [5, 5.41) is 0.00877. The van der Waals surface area contributed by atoms with Gasteiger partial charge in [-0.2, -0.15) is 0 Å². The normalized spacial score (nSPS) is 15.3. The molecular formula is C21H17ClF2N4O2S. The Morgan fingerprint density at radius 2 is 1.74 bits per heavy atom. The van der Waals surface area contributed by atoms with Gasteiger partial charge < -0.3 is 9.80 Å². The first-order valence-corrected chi connectivity index (χ1v) is 10.8. The van der Waals surface area contributed by atoms with Crippen LogP contribution in [0.2, 0.25) is 5.02 Å². The molecule has 31 heavy (non-hydrogen) atoms. The van der Waals surface area contributed by atoms with Crippen LogP contribution in [0.1, 0.15) is 0 Å². The maximum absolute atomic E-state index is 15.2. The lowest BCUT2D eigenvalue weighted by atomic mass is 10.1. The van der Waals surface area contributed by atoms with Gasteiger partial charge in [-0.05, 0) is 48.9 Å². The van der Waals surface area contributed by atoms with Gasteiger partial charge in [-0.15, -0.1) is 0 Å². The molecule has 160 valence electrons. The predicted octanol–water partition coefficient (Wildman–Crippen LogP) is 3.58. The molecule has 0 unspecified atom stereocenters. The SMILES string of the molecule is CN1CCN(c2c(F)cc3c(=O)c4c(=O)[nH]sc4n(-c4ccc(F)cc4)c3c2Cl)CC1. The molecule has 0 atom stereocenters. The number of piperazine rings is 1. The molecule has 1 N–H and O–H groups in total. The molecule has 6 nitrogen and oxygen atoms in total. The maximum Gasteiger partial charge on any atom is 0.271 e. The van der Waals surface area contributed by atoms with Crippen molar-refractivity contribution in [1.82, 2.24) is 13.8 Å². The highest BCUT2D eigenvalue weighted by Gasteiger charge is 2.26. The zero-order valence-corrected chi connectivity index (χ0v) is 18.0. The fraction of sp³-hybridized carbons (Fsp3) is 0.238. The summed E-state index contributed by atoms with van der Waals surface area (Å²) in [4.78, 5) is 29.8. The predicted molar refractivity (Wildman–Crippen MR) is 120 cm³/mol. The minimum atomic E-state index is -0.615. The van der Waals surface area contributed by atoms with E-state index in [4.69, 9.17) is 11.6 Å². The van der Waals surface area contributed by atoms with E-state index < -0.39 is 22.6 Å². The molecule has 0 aliphatic carbocycles. The molecule has 3 heterocycles. The number of benzene rings is 2. The van der Waals surface area contributed by atoms with Crippen molar-refractivity contribution >= 4 is 49.9 Å². The van der Waals surface area contributed by atoms with Crippen molar-refractivity contribution in [1.29, 1.82) is 0 Å². The van der Waals surface area contributed by atoms with E-state index >= 15 is 4.39 Å². The van der Waals surface area contributed by atoms with Crippen LogP contribution >= 0.6 is 23.1 Å². The van der Waals surface area contributed by atoms with Gasteiger partial charge in [0.15, 0.2) is 0 Å². The van der Waals surface area contributed by atoms with Crippen LogP contribution in [-0.4, -0.2) is 47.1 Å². The summed E-state index contributed by atoms with van der Waals surface area (Å²) >= 11 is 7.75. The first-order valence-electron chi connectivity index (χ1n) is 9.64. The molecule has 10 heteroatoms. The average molecular weight is 463 g/mol. The lowest BCUT2D eigenvalue weighted by Crippen LogP contribution is -2.45. The van der Waals surface area contributed by atoms with Gasteiger partial charge in [-0.1, -0.05) is 11.6 Å². The highest BCUT2D eigenvalue weighted by molar-refractivity contribution is 7.12. The number of hydrogen-bond acceptors (Lipinski definition) is 5. The van der Waals surface area contributed by atoms with Crippen molar-refractivity contribution in [3.8, 4) is 5.69 Å². The van der Waals surface area contributed by atoms with Crippen molar-refractivity contribution in [2.75, 3.05) is 38.1 Å². The number of pyridine rings is 1. The zero-order valence-electron chi connectivity index (χ0n) is 16.4. The topological polar surface area (TPSA) is 61.3 Å². The number of likely N-dealkylation sites (N-methyl/N-ethyl adjacent to an activating group) is 1. The number of nitrogens with one attached hydrogen (secondary N) is 1. The van der Waals surface area contributed by atoms with Gasteiger partial charge >= 0.3 is 0 Å². The van der Waals surface area contributed by atoms with Crippen LogP contribution < -0.4 is 15.9 Å². The number of aromatic amines is 1. The third-order valence-electron chi connectivity index (χ3n) is 5.65. The Morgan fingerprint density at radius 3 is 2.42 bits per heavy atom. The largest absolute Gasteiger partial charge is 0.365 e. The van der Waals surface area contributed by atoms with E-state index in [0.29, 0.717) is 23.6 Å². The van der Waals surface area contributed by atoms with Crippen molar-refractivity contribution in [2.24, 2.45) is 0 Å². The van der Waals surface area contributed by atoms with Crippen molar-refractivity contribution < 1.29 is 8.78 Å². The van der Waals surface area contributed by atoms with Gasteiger partial charge in [0.25, 0.3) is 5.56 Å². The molecule has 2 aromatic carbocycles. The van der Waals surface area contributed by atoms with E-state index in [1.807, 2.05) is 11.9 Å². The Hall–Kier alpha value is -2.75. The summed E-state index contributed by atoms with van der Waals surface area (Å²) in [5.74, 6) is -1.04. The average Bonchev–Trinajstić information content (AvgIpc) is 3.13. The van der Waals surface area contributed by atoms with Crippen LogP contribution in [0.3, 0.4) is 0 Å². The van der Waals surface area contributed by atoms with Crippen LogP contribution in [0, 0.1) is 11.6 Å². The number of halogens is 3. The summed E-state index contributed by atoms with van der Waals surface area (Å²) < 4.78 is 33.0. The number of hydrogen-bond donors (Lipinski definition) is 1. The molecule has 1 fully saturated rings. The number of anilines is 1. The number of fused-ring (bicyclic) bond motifs is 2. The van der Waals surface area contributed by atoms with Crippen molar-refractivity contribution in [3.63, 3.8) is 0 Å². The highest BCUT2D eigenvalue weighted by Crippen LogP contribution is 2.38. The first-order chi connectivity index (χ1) is 14.9. The van der Waals surface area contributed by atoms with Crippen molar-refractivity contribution in [3.05, 3.63) is 67.6 Å². The lowest BCUT2D eigenvalue weighted by Gasteiger charge is -2.35. The number of aromatic nitrogens is 2. The molecule has 0 bridgehead atoms. The highest BCUT2D eigenvalue weighted by atomic mass is 35.5. The second-order valence-electron chi connectivity index (χ2n) is 7.56. The molecule has 1 saturated heterocycles. The summed E-state index contributed by atoms with van der Waals surface area (Å²) in [7, 11) is 1.99. The quantitative estimate of drug-likeness (QED) is 0.494. The van der Waals surface area contributed by atoms with Gasteiger partial charge in [-0.25, -0.2) is 8.78 Å². The Bertz CT molecular complexity index is 1440. The van der Waals surface area contributed by atoms with Gasteiger partial charge in [0.1, 0.15) is 21.9 Å². The third kappa shape index (κ3) is 3.15. The Morgan fingerprint density at radius 1 is 1.06 bits per heavy atom. The smallest absolute Gasteiger partial charge is 0.271 e. The van der Waals surface area contributed by atoms with E-state index in [0.717, 1.165) is 30.7 Å². The van der Waals surface area contributed by atoms with Gasteiger partial charge in [0.2, 0.25) is 5.43 Å². The Balaban J connectivity index is 1.91. The van der Waals surface area contributed by atoms with Gasteiger partial charge in [0.05, 0.1) is 21.6 Å². The van der Waals surface area contributed by atoms with E-state index in [1.54, 1.807) is 4.57 Å². The van der Waals surface area contributed by atoms with E-state index in [9.17, 15) is 14.0 Å². The second kappa shape index (κ2) is 7.44. The first kappa shape index (κ1) is 20.2. The molecule has 0 spiro atoms. The Kier molecular flexibility index (Phi) is 4.84. The van der Waals surface area contributed by atoms with Gasteiger partial charge in [-0.3, -0.25) is 18.5 Å². The fourth-order valence-electron chi connectivity index (χ4n) is 4.03. The van der Waals surface area contributed by atoms with Crippen LogP contribution in [0.5, 0.6) is 0 Å². The van der Waals surface area contributed by atoms with E-state index in [1.165, 1.54) is 24.3 Å². The number of nitrogens with zero attached hydrogens (tertiary/aromatic N) is 3. The van der Waals surface area contributed by atoms with Crippen LogP contribution in [0.4, 0.5) is 14.5 Å². The summed E-state index contributed by atoms with van der Waals surface area (Å²) in [6.45, 7) is 2.66. The summed E-state index contributed by atoms with van der Waals surface area (Å²) in [6, 6.07) is 6.75. The number of H-pyrrole nitrogens is 1. The summed E-state index contributed by atoms with van der Waals surface area (Å²) in [6.07, 6.45) is 0. The summed E-state index contributed by atoms with van der Waals surface area (Å²) in [5.41, 5.74) is -0.125. The van der Waals surface area contributed by atoms with Crippen LogP contribution in [0.25, 0.3) is 26.8 Å². The van der Waals surface area contributed by atoms with Gasteiger partial charge in [0, 0.05) is 31.9 Å². The molecule has 5 rings (SSSR count). The number of rotatable bonds is 2. The third-order valence-corrected chi connectivity index (χ3v) is 6.88. The maximum atomic E-state index is 15.2.